The summed E-state index contributed by atoms with van der Waals surface area (Å²) in [7, 11) is 0. The lowest BCUT2D eigenvalue weighted by Gasteiger charge is -2.35. The van der Waals surface area contributed by atoms with E-state index in [-0.39, 0.29) is 5.78 Å². The third-order valence-corrected chi connectivity index (χ3v) is 5.85. The van der Waals surface area contributed by atoms with Gasteiger partial charge in [-0.2, -0.15) is 0 Å². The van der Waals surface area contributed by atoms with Crippen molar-refractivity contribution in [1.29, 1.82) is 0 Å². The van der Waals surface area contributed by atoms with E-state index in [0.717, 1.165) is 48.8 Å². The van der Waals surface area contributed by atoms with E-state index in [1.165, 1.54) is 11.3 Å². The Bertz CT molecular complexity index is 998. The Balaban J connectivity index is 1.42. The minimum absolute atomic E-state index is 0.212. The Kier molecular flexibility index (Phi) is 5.54. The zero-order valence-corrected chi connectivity index (χ0v) is 17.6. The van der Waals surface area contributed by atoms with Crippen molar-refractivity contribution < 1.29 is 4.79 Å². The molecule has 0 unspecified atom stereocenters. The summed E-state index contributed by atoms with van der Waals surface area (Å²) < 4.78 is 2.17. The molecule has 0 aliphatic carbocycles. The van der Waals surface area contributed by atoms with E-state index in [1.807, 2.05) is 31.2 Å². The van der Waals surface area contributed by atoms with Gasteiger partial charge in [0, 0.05) is 54.5 Å². The van der Waals surface area contributed by atoms with Gasteiger partial charge in [-0.3, -0.25) is 9.69 Å². The topological polar surface area (TPSA) is 28.5 Å². The number of benzene rings is 2. The number of piperazine rings is 1. The molecule has 1 fully saturated rings. The number of carbonyl (C=O) groups is 1. The number of aromatic nitrogens is 1. The van der Waals surface area contributed by atoms with Crippen molar-refractivity contribution in [2.75, 3.05) is 37.6 Å². The number of hydrogen-bond donors (Lipinski definition) is 0. The SMILES string of the molecule is Cc1cccc(N2CCN(CC(=O)c3cc(C)n(-c4ccccc4)c3C)CC2)c1. The fourth-order valence-electron chi connectivity index (χ4n) is 4.30. The molecule has 0 radical (unpaired) electrons. The molecule has 0 bridgehead atoms. The van der Waals surface area contributed by atoms with Gasteiger partial charge in [0.25, 0.3) is 0 Å². The van der Waals surface area contributed by atoms with E-state index in [0.29, 0.717) is 6.54 Å². The average Bonchev–Trinajstić information content (AvgIpc) is 3.03. The van der Waals surface area contributed by atoms with Crippen LogP contribution in [0.25, 0.3) is 5.69 Å². The van der Waals surface area contributed by atoms with Crippen LogP contribution >= 0.6 is 0 Å². The highest BCUT2D eigenvalue weighted by Crippen LogP contribution is 2.22. The lowest BCUT2D eigenvalue weighted by molar-refractivity contribution is 0.0926. The summed E-state index contributed by atoms with van der Waals surface area (Å²) in [6.45, 7) is 10.5. The van der Waals surface area contributed by atoms with E-state index in [4.69, 9.17) is 0 Å². The van der Waals surface area contributed by atoms with Gasteiger partial charge in [-0.15, -0.1) is 0 Å². The zero-order chi connectivity index (χ0) is 20.4. The summed E-state index contributed by atoms with van der Waals surface area (Å²) in [4.78, 5) is 17.8. The molecule has 1 saturated heterocycles. The molecule has 4 heteroatoms. The number of Topliss-reactive ketones (excluding diaryl/α,β-unsaturated/α-hetero) is 1. The van der Waals surface area contributed by atoms with Crippen LogP contribution in [-0.2, 0) is 0 Å². The highest BCUT2D eigenvalue weighted by atomic mass is 16.1. The van der Waals surface area contributed by atoms with Gasteiger partial charge in [0.2, 0.25) is 0 Å². The minimum atomic E-state index is 0.212. The molecule has 0 spiro atoms. The quantitative estimate of drug-likeness (QED) is 0.607. The number of nitrogens with zero attached hydrogens (tertiary/aromatic N) is 3. The van der Waals surface area contributed by atoms with Crippen LogP contribution in [0.5, 0.6) is 0 Å². The first-order valence-electron chi connectivity index (χ1n) is 10.3. The predicted octanol–water partition coefficient (Wildman–Crippen LogP) is 4.41. The normalized spacial score (nSPS) is 14.9. The van der Waals surface area contributed by atoms with Crippen molar-refractivity contribution in [3.63, 3.8) is 0 Å². The molecule has 1 aliphatic rings. The van der Waals surface area contributed by atoms with E-state index in [9.17, 15) is 4.79 Å². The van der Waals surface area contributed by atoms with Gasteiger partial charge in [-0.05, 0) is 56.7 Å². The summed E-state index contributed by atoms with van der Waals surface area (Å²) in [6.07, 6.45) is 0. The van der Waals surface area contributed by atoms with Crippen LogP contribution in [0.4, 0.5) is 5.69 Å². The zero-order valence-electron chi connectivity index (χ0n) is 17.6. The molecule has 1 aromatic heterocycles. The Morgan fingerprint density at radius 2 is 1.52 bits per heavy atom. The summed E-state index contributed by atoms with van der Waals surface area (Å²) in [5.74, 6) is 0.212. The lowest BCUT2D eigenvalue weighted by Crippen LogP contribution is -2.48. The lowest BCUT2D eigenvalue weighted by atomic mass is 10.1. The molecule has 29 heavy (non-hydrogen) atoms. The molecule has 2 aromatic carbocycles. The minimum Gasteiger partial charge on any atom is -0.369 e. The van der Waals surface area contributed by atoms with Crippen molar-refractivity contribution >= 4 is 11.5 Å². The van der Waals surface area contributed by atoms with E-state index in [2.05, 4.69) is 64.6 Å². The van der Waals surface area contributed by atoms with Gasteiger partial charge in [0.05, 0.1) is 6.54 Å². The van der Waals surface area contributed by atoms with Crippen molar-refractivity contribution in [1.82, 2.24) is 9.47 Å². The van der Waals surface area contributed by atoms with E-state index in [1.54, 1.807) is 0 Å². The Morgan fingerprint density at radius 3 is 2.21 bits per heavy atom. The van der Waals surface area contributed by atoms with Crippen molar-refractivity contribution in [2.45, 2.75) is 20.8 Å². The van der Waals surface area contributed by atoms with Gasteiger partial charge in [0.1, 0.15) is 0 Å². The van der Waals surface area contributed by atoms with Crippen LogP contribution in [0.2, 0.25) is 0 Å². The molecule has 0 atom stereocenters. The van der Waals surface area contributed by atoms with Crippen LogP contribution in [0.15, 0.2) is 60.7 Å². The molecule has 0 N–H and O–H groups in total. The van der Waals surface area contributed by atoms with Crippen molar-refractivity contribution in [3.05, 3.63) is 83.2 Å². The molecule has 2 heterocycles. The van der Waals surface area contributed by atoms with Gasteiger partial charge in [-0.1, -0.05) is 30.3 Å². The predicted molar refractivity (Wildman–Crippen MR) is 119 cm³/mol. The number of aryl methyl sites for hydroxylation is 2. The van der Waals surface area contributed by atoms with Crippen LogP contribution in [0.1, 0.15) is 27.3 Å². The van der Waals surface area contributed by atoms with E-state index < -0.39 is 0 Å². The molecule has 4 rings (SSSR count). The second kappa shape index (κ2) is 8.26. The van der Waals surface area contributed by atoms with Gasteiger partial charge in [0.15, 0.2) is 5.78 Å². The maximum atomic E-state index is 13.1. The Labute approximate surface area is 173 Å². The van der Waals surface area contributed by atoms with Crippen LogP contribution in [0, 0.1) is 20.8 Å². The average molecular weight is 388 g/mol. The van der Waals surface area contributed by atoms with Gasteiger partial charge in [-0.25, -0.2) is 0 Å². The summed E-state index contributed by atoms with van der Waals surface area (Å²) in [5, 5.41) is 0. The van der Waals surface area contributed by atoms with Crippen LogP contribution in [-0.4, -0.2) is 48.0 Å². The summed E-state index contributed by atoms with van der Waals surface area (Å²) in [6, 6.07) is 20.9. The molecule has 3 aromatic rings. The number of ketones is 1. The Morgan fingerprint density at radius 1 is 0.828 bits per heavy atom. The van der Waals surface area contributed by atoms with Gasteiger partial charge >= 0.3 is 0 Å². The highest BCUT2D eigenvalue weighted by Gasteiger charge is 2.22. The molecular weight excluding hydrogens is 358 g/mol. The third-order valence-electron chi connectivity index (χ3n) is 5.85. The monoisotopic (exact) mass is 387 g/mol. The number of hydrogen-bond acceptors (Lipinski definition) is 3. The first kappa shape index (κ1) is 19.5. The number of para-hydroxylation sites is 1. The van der Waals surface area contributed by atoms with Crippen LogP contribution < -0.4 is 4.90 Å². The van der Waals surface area contributed by atoms with E-state index >= 15 is 0 Å². The molecule has 150 valence electrons. The fourth-order valence-corrected chi connectivity index (χ4v) is 4.30. The first-order valence-corrected chi connectivity index (χ1v) is 10.3. The maximum Gasteiger partial charge on any atom is 0.178 e. The molecular formula is C25H29N3O. The van der Waals surface area contributed by atoms with Crippen molar-refractivity contribution in [3.8, 4) is 5.69 Å². The first-order chi connectivity index (χ1) is 14.0. The molecule has 0 amide bonds. The third kappa shape index (κ3) is 4.13. The highest BCUT2D eigenvalue weighted by molar-refractivity contribution is 5.99. The molecule has 0 saturated carbocycles. The summed E-state index contributed by atoms with van der Waals surface area (Å²) >= 11 is 0. The number of anilines is 1. The summed E-state index contributed by atoms with van der Waals surface area (Å²) in [5.41, 5.74) is 6.63. The van der Waals surface area contributed by atoms with Crippen molar-refractivity contribution in [2.24, 2.45) is 0 Å². The number of carbonyl (C=O) groups excluding carboxylic acids is 1. The van der Waals surface area contributed by atoms with Crippen LogP contribution in [0.3, 0.4) is 0 Å². The van der Waals surface area contributed by atoms with Gasteiger partial charge < -0.3 is 9.47 Å². The standard InChI is InChI=1S/C25H29N3O/c1-19-8-7-11-23(16-19)27-14-12-26(13-15-27)18-25(29)24-17-20(2)28(21(24)3)22-9-5-4-6-10-22/h4-11,16-17H,12-15,18H2,1-3H3. The molecule has 1 aliphatic heterocycles. The smallest absolute Gasteiger partial charge is 0.178 e. The Hall–Kier alpha value is -2.85. The second-order valence-electron chi connectivity index (χ2n) is 7.98. The molecule has 4 nitrogen and oxygen atoms in total. The maximum absolute atomic E-state index is 13.1. The largest absolute Gasteiger partial charge is 0.369 e. The fraction of sp³-hybridized carbons (Fsp3) is 0.320. The second-order valence-corrected chi connectivity index (χ2v) is 7.98. The number of rotatable bonds is 5.